The van der Waals surface area contributed by atoms with Gasteiger partial charge in [-0.15, -0.1) is 0 Å². The molecule has 1 aromatic carbocycles. The Morgan fingerprint density at radius 2 is 2.04 bits per heavy atom. The van der Waals surface area contributed by atoms with Gasteiger partial charge in [0.1, 0.15) is 5.82 Å². The van der Waals surface area contributed by atoms with Crippen LogP contribution in [0.25, 0.3) is 5.65 Å². The van der Waals surface area contributed by atoms with Gasteiger partial charge in [-0.1, -0.05) is 6.07 Å². The first-order valence-corrected chi connectivity index (χ1v) is 8.05. The first kappa shape index (κ1) is 14.2. The van der Waals surface area contributed by atoms with Crippen molar-refractivity contribution in [2.75, 3.05) is 11.4 Å². The molecule has 1 atom stereocenters. The number of benzene rings is 1. The molecule has 0 fully saturated rings. The van der Waals surface area contributed by atoms with E-state index < -0.39 is 0 Å². The van der Waals surface area contributed by atoms with Crippen molar-refractivity contribution in [3.8, 4) is 0 Å². The number of fused-ring (bicyclic) bond motifs is 2. The average Bonchev–Trinajstić information content (AvgIpc) is 2.84. The maximum atomic E-state index is 13.7. The number of pyridine rings is 1. The van der Waals surface area contributed by atoms with E-state index in [-0.39, 0.29) is 11.9 Å². The Bertz CT molecular complexity index is 897. The van der Waals surface area contributed by atoms with Crippen molar-refractivity contribution in [1.29, 1.82) is 0 Å². The van der Waals surface area contributed by atoms with Gasteiger partial charge in [0.2, 0.25) is 0 Å². The molecule has 0 amide bonds. The molecule has 2 aromatic heterocycles. The minimum atomic E-state index is -0.164. The van der Waals surface area contributed by atoms with E-state index in [4.69, 9.17) is 4.98 Å². The summed E-state index contributed by atoms with van der Waals surface area (Å²) in [7, 11) is 0. The van der Waals surface area contributed by atoms with Gasteiger partial charge in [0.25, 0.3) is 0 Å². The number of rotatable bonds is 1. The lowest BCUT2D eigenvalue weighted by Crippen LogP contribution is -2.34. The Morgan fingerprint density at radius 1 is 1.22 bits per heavy atom. The SMILES string of the molecule is Cc1nc2c(N3CCc4ccc(F)cc4C3C)cccn2c1C. The first-order chi connectivity index (χ1) is 11.1. The molecule has 0 N–H and O–H groups in total. The van der Waals surface area contributed by atoms with E-state index in [1.54, 1.807) is 12.1 Å². The van der Waals surface area contributed by atoms with Crippen molar-refractivity contribution in [1.82, 2.24) is 9.38 Å². The molecule has 1 unspecified atom stereocenters. The average molecular weight is 309 g/mol. The van der Waals surface area contributed by atoms with Gasteiger partial charge in [-0.3, -0.25) is 0 Å². The van der Waals surface area contributed by atoms with Gasteiger partial charge in [-0.05, 0) is 62.6 Å². The summed E-state index contributed by atoms with van der Waals surface area (Å²) in [5.41, 5.74) is 6.64. The molecule has 0 spiro atoms. The second-order valence-electron chi connectivity index (χ2n) is 6.33. The van der Waals surface area contributed by atoms with Crippen LogP contribution in [0.4, 0.5) is 10.1 Å². The number of hydrogen-bond donors (Lipinski definition) is 0. The predicted octanol–water partition coefficient (Wildman–Crippen LogP) is 4.21. The van der Waals surface area contributed by atoms with E-state index in [1.807, 2.05) is 13.0 Å². The molecule has 3 heterocycles. The van der Waals surface area contributed by atoms with Crippen molar-refractivity contribution >= 4 is 11.3 Å². The van der Waals surface area contributed by atoms with E-state index >= 15 is 0 Å². The third-order valence-electron chi connectivity index (χ3n) is 5.06. The summed E-state index contributed by atoms with van der Waals surface area (Å²) in [6.45, 7) is 7.19. The third-order valence-corrected chi connectivity index (χ3v) is 5.06. The molecule has 4 heteroatoms. The molecule has 1 aliphatic heterocycles. The van der Waals surface area contributed by atoms with Crippen LogP contribution in [0, 0.1) is 19.7 Å². The molecule has 23 heavy (non-hydrogen) atoms. The van der Waals surface area contributed by atoms with Gasteiger partial charge in [0.05, 0.1) is 17.4 Å². The molecule has 118 valence electrons. The number of aryl methyl sites for hydroxylation is 2. The van der Waals surface area contributed by atoms with Gasteiger partial charge < -0.3 is 9.30 Å². The largest absolute Gasteiger partial charge is 0.361 e. The molecule has 1 aliphatic rings. The lowest BCUT2D eigenvalue weighted by molar-refractivity contribution is 0.594. The second-order valence-corrected chi connectivity index (χ2v) is 6.33. The van der Waals surface area contributed by atoms with Crippen molar-refractivity contribution in [3.05, 3.63) is 64.9 Å². The molecule has 0 aliphatic carbocycles. The van der Waals surface area contributed by atoms with E-state index in [0.29, 0.717) is 0 Å². The van der Waals surface area contributed by atoms with Crippen LogP contribution in [0.3, 0.4) is 0 Å². The molecule has 0 saturated heterocycles. The van der Waals surface area contributed by atoms with Crippen LogP contribution >= 0.6 is 0 Å². The Hall–Kier alpha value is -2.36. The maximum Gasteiger partial charge on any atom is 0.160 e. The monoisotopic (exact) mass is 309 g/mol. The summed E-state index contributed by atoms with van der Waals surface area (Å²) in [6.07, 6.45) is 2.98. The van der Waals surface area contributed by atoms with Gasteiger partial charge in [0.15, 0.2) is 5.65 Å². The molecule has 4 rings (SSSR count). The lowest BCUT2D eigenvalue weighted by Gasteiger charge is -2.37. The summed E-state index contributed by atoms with van der Waals surface area (Å²) < 4.78 is 15.8. The minimum absolute atomic E-state index is 0.137. The fourth-order valence-electron chi connectivity index (χ4n) is 3.62. The number of halogens is 1. The fraction of sp³-hybridized carbons (Fsp3) is 0.316. The van der Waals surface area contributed by atoms with Crippen molar-refractivity contribution in [3.63, 3.8) is 0 Å². The summed E-state index contributed by atoms with van der Waals surface area (Å²) in [5.74, 6) is -0.164. The number of hydrogen-bond acceptors (Lipinski definition) is 2. The Balaban J connectivity index is 1.84. The molecular weight excluding hydrogens is 289 g/mol. The van der Waals surface area contributed by atoms with Crippen LogP contribution in [0.2, 0.25) is 0 Å². The third kappa shape index (κ3) is 2.12. The summed E-state index contributed by atoms with van der Waals surface area (Å²) >= 11 is 0. The topological polar surface area (TPSA) is 20.5 Å². The second kappa shape index (κ2) is 5.08. The number of aromatic nitrogens is 2. The van der Waals surface area contributed by atoms with Crippen molar-refractivity contribution in [2.24, 2.45) is 0 Å². The molecule has 3 aromatic rings. The number of imidazole rings is 1. The summed E-state index contributed by atoms with van der Waals surface area (Å²) in [6, 6.07) is 9.46. The summed E-state index contributed by atoms with van der Waals surface area (Å²) in [4.78, 5) is 7.08. The Kier molecular flexibility index (Phi) is 3.15. The van der Waals surface area contributed by atoms with Crippen LogP contribution in [-0.2, 0) is 6.42 Å². The number of nitrogens with zero attached hydrogens (tertiary/aromatic N) is 3. The van der Waals surface area contributed by atoms with E-state index in [2.05, 4.69) is 41.5 Å². The standard InChI is InChI=1S/C19H20FN3/c1-12-13(2)23-9-4-5-18(19(23)21-12)22-10-8-15-6-7-16(20)11-17(15)14(22)3/h4-7,9,11,14H,8,10H2,1-3H3. The van der Waals surface area contributed by atoms with E-state index in [0.717, 1.165) is 41.3 Å². The van der Waals surface area contributed by atoms with Crippen LogP contribution < -0.4 is 4.90 Å². The van der Waals surface area contributed by atoms with Crippen LogP contribution in [-0.4, -0.2) is 15.9 Å². The number of anilines is 1. The fourth-order valence-corrected chi connectivity index (χ4v) is 3.62. The quantitative estimate of drug-likeness (QED) is 0.671. The zero-order valence-electron chi connectivity index (χ0n) is 13.7. The van der Waals surface area contributed by atoms with Gasteiger partial charge in [0, 0.05) is 18.4 Å². The van der Waals surface area contributed by atoms with Gasteiger partial charge >= 0.3 is 0 Å². The molecule has 0 bridgehead atoms. The highest BCUT2D eigenvalue weighted by Crippen LogP contribution is 2.35. The van der Waals surface area contributed by atoms with Crippen molar-refractivity contribution in [2.45, 2.75) is 33.2 Å². The van der Waals surface area contributed by atoms with Crippen LogP contribution in [0.1, 0.15) is 35.5 Å². The van der Waals surface area contributed by atoms with Gasteiger partial charge in [-0.25, -0.2) is 9.37 Å². The highest BCUT2D eigenvalue weighted by molar-refractivity contribution is 5.71. The van der Waals surface area contributed by atoms with Crippen molar-refractivity contribution < 1.29 is 4.39 Å². The van der Waals surface area contributed by atoms with E-state index in [1.165, 1.54) is 5.56 Å². The predicted molar refractivity (Wildman–Crippen MR) is 90.5 cm³/mol. The molecular formula is C19H20FN3. The highest BCUT2D eigenvalue weighted by atomic mass is 19.1. The lowest BCUT2D eigenvalue weighted by atomic mass is 9.93. The van der Waals surface area contributed by atoms with E-state index in [9.17, 15) is 4.39 Å². The Morgan fingerprint density at radius 3 is 2.87 bits per heavy atom. The first-order valence-electron chi connectivity index (χ1n) is 8.05. The molecule has 0 radical (unpaired) electrons. The zero-order chi connectivity index (χ0) is 16.1. The minimum Gasteiger partial charge on any atom is -0.361 e. The zero-order valence-corrected chi connectivity index (χ0v) is 13.7. The molecule has 0 saturated carbocycles. The Labute approximate surface area is 135 Å². The van der Waals surface area contributed by atoms with Gasteiger partial charge in [-0.2, -0.15) is 0 Å². The maximum absolute atomic E-state index is 13.7. The highest BCUT2D eigenvalue weighted by Gasteiger charge is 2.26. The van der Waals surface area contributed by atoms with Crippen LogP contribution in [0.15, 0.2) is 36.5 Å². The summed E-state index contributed by atoms with van der Waals surface area (Å²) in [5, 5.41) is 0. The normalized spacial score (nSPS) is 17.6. The van der Waals surface area contributed by atoms with Crippen LogP contribution in [0.5, 0.6) is 0 Å². The molecule has 3 nitrogen and oxygen atoms in total. The smallest absolute Gasteiger partial charge is 0.160 e.